The number of benzene rings is 1. The summed E-state index contributed by atoms with van der Waals surface area (Å²) in [5, 5.41) is 21.0. The second kappa shape index (κ2) is 11.9. The van der Waals surface area contributed by atoms with Crippen molar-refractivity contribution in [3.05, 3.63) is 39.7 Å². The van der Waals surface area contributed by atoms with Crippen LogP contribution < -0.4 is 5.32 Å². The Morgan fingerprint density at radius 2 is 2.00 bits per heavy atom. The number of piperidine rings is 1. The van der Waals surface area contributed by atoms with E-state index in [0.717, 1.165) is 80.5 Å². The van der Waals surface area contributed by atoms with E-state index in [4.69, 9.17) is 19.6 Å². The molecule has 5 heterocycles. The van der Waals surface area contributed by atoms with E-state index in [0.29, 0.717) is 31.6 Å². The quantitative estimate of drug-likeness (QED) is 0.152. The Morgan fingerprint density at radius 3 is 2.73 bits per heavy atom. The Labute approximate surface area is 242 Å². The fourth-order valence-corrected chi connectivity index (χ4v) is 7.03. The molecule has 222 valence electrons. The van der Waals surface area contributed by atoms with E-state index >= 15 is 0 Å². The number of nitro groups is 1. The summed E-state index contributed by atoms with van der Waals surface area (Å²) in [5.74, 6) is 1.43. The van der Waals surface area contributed by atoms with Gasteiger partial charge in [0.1, 0.15) is 12.4 Å². The molecule has 2 saturated heterocycles. The fourth-order valence-electron chi connectivity index (χ4n) is 6.28. The Kier molecular flexibility index (Phi) is 8.28. The largest absolute Gasteiger partial charge is 0.361 e. The maximum absolute atomic E-state index is 11.7. The highest BCUT2D eigenvalue weighted by molar-refractivity contribution is 6.76. The number of nitrogens with one attached hydrogen (secondary N) is 1. The van der Waals surface area contributed by atoms with Gasteiger partial charge in [0.15, 0.2) is 12.1 Å². The Bertz CT molecular complexity index is 1390. The average molecular weight is 582 g/mol. The van der Waals surface area contributed by atoms with Gasteiger partial charge >= 0.3 is 0 Å². The van der Waals surface area contributed by atoms with Crippen LogP contribution in [-0.2, 0) is 29.3 Å². The van der Waals surface area contributed by atoms with Crippen LogP contribution in [0, 0.1) is 16.0 Å². The second-order valence-corrected chi connectivity index (χ2v) is 18.7. The topological polar surface area (TPSA) is 113 Å². The summed E-state index contributed by atoms with van der Waals surface area (Å²) < 4.78 is 16.5. The van der Waals surface area contributed by atoms with Gasteiger partial charge in [0.2, 0.25) is 0 Å². The molecule has 0 saturated carbocycles. The van der Waals surface area contributed by atoms with Crippen LogP contribution in [0.5, 0.6) is 0 Å². The number of hydrogen-bond acceptors (Lipinski definition) is 8. The Balaban J connectivity index is 1.37. The zero-order chi connectivity index (χ0) is 28.6. The molecule has 1 unspecified atom stereocenters. The molecule has 1 aromatic carbocycles. The van der Waals surface area contributed by atoms with Crippen molar-refractivity contribution in [3.8, 4) is 11.5 Å². The molecule has 3 aliphatic heterocycles. The van der Waals surface area contributed by atoms with E-state index in [9.17, 15) is 10.1 Å². The molecule has 2 fully saturated rings. The number of hydrogen-bond donors (Lipinski definition) is 1. The van der Waals surface area contributed by atoms with E-state index in [1.807, 2.05) is 4.68 Å². The van der Waals surface area contributed by atoms with Gasteiger partial charge in [0.05, 0.1) is 21.8 Å². The third-order valence-electron chi connectivity index (χ3n) is 8.63. The Hall–Kier alpha value is -2.64. The summed E-state index contributed by atoms with van der Waals surface area (Å²) >= 11 is 0. The fraction of sp³-hybridized carbons (Fsp3) is 0.655. The standard InChI is InChI=1S/C29H43N7O4Si/c1-41(2,3)15-14-39-20-34-26-19-33(17-21-9-11-30-12-10-21)18-24(26)31-29(34)28-23-16-22(36(37)38)7-8-25(23)35(32-28)27-6-4-5-13-40-27/h7-8,16,21,27,30H,4-6,9-15,17-20H2,1-3H3. The van der Waals surface area contributed by atoms with Gasteiger partial charge in [-0.3, -0.25) is 15.0 Å². The first-order chi connectivity index (χ1) is 19.8. The molecule has 3 aliphatic rings. The summed E-state index contributed by atoms with van der Waals surface area (Å²) in [5.41, 5.74) is 3.77. The molecular weight excluding hydrogens is 538 g/mol. The van der Waals surface area contributed by atoms with Gasteiger partial charge in [-0.2, -0.15) is 5.10 Å². The molecule has 0 amide bonds. The van der Waals surface area contributed by atoms with Crippen molar-refractivity contribution < 1.29 is 14.4 Å². The highest BCUT2D eigenvalue weighted by Gasteiger charge is 2.32. The van der Waals surface area contributed by atoms with E-state index in [1.165, 1.54) is 18.5 Å². The average Bonchev–Trinajstić information content (AvgIpc) is 3.62. The highest BCUT2D eigenvalue weighted by atomic mass is 28.3. The van der Waals surface area contributed by atoms with Crippen molar-refractivity contribution in [2.45, 2.75) is 83.8 Å². The van der Waals surface area contributed by atoms with Crippen LogP contribution in [0.25, 0.3) is 22.4 Å². The van der Waals surface area contributed by atoms with Crippen molar-refractivity contribution in [2.75, 3.05) is 32.8 Å². The molecule has 2 aromatic heterocycles. The van der Waals surface area contributed by atoms with Crippen molar-refractivity contribution >= 4 is 24.7 Å². The number of imidazole rings is 1. The zero-order valence-electron chi connectivity index (χ0n) is 24.6. The first-order valence-corrected chi connectivity index (χ1v) is 18.9. The first kappa shape index (κ1) is 28.5. The smallest absolute Gasteiger partial charge is 0.270 e. The number of fused-ring (bicyclic) bond motifs is 2. The maximum atomic E-state index is 11.7. The van der Waals surface area contributed by atoms with Gasteiger partial charge in [-0.15, -0.1) is 0 Å². The van der Waals surface area contributed by atoms with Gasteiger partial charge in [-0.25, -0.2) is 9.67 Å². The summed E-state index contributed by atoms with van der Waals surface area (Å²) in [6.45, 7) is 13.8. The van der Waals surface area contributed by atoms with E-state index in [2.05, 4.69) is 34.4 Å². The van der Waals surface area contributed by atoms with Crippen LogP contribution in [0.1, 0.15) is 49.7 Å². The minimum Gasteiger partial charge on any atom is -0.361 e. The van der Waals surface area contributed by atoms with Crippen molar-refractivity contribution in [1.82, 2.24) is 29.5 Å². The van der Waals surface area contributed by atoms with Gasteiger partial charge in [0, 0.05) is 58.4 Å². The summed E-state index contributed by atoms with van der Waals surface area (Å²) in [6.07, 6.45) is 5.20. The number of non-ortho nitro benzene ring substituents is 1. The number of nitro benzene ring substituents is 1. The molecule has 0 bridgehead atoms. The molecule has 12 heteroatoms. The predicted molar refractivity (Wildman–Crippen MR) is 160 cm³/mol. The molecule has 11 nitrogen and oxygen atoms in total. The minimum atomic E-state index is -1.24. The zero-order valence-corrected chi connectivity index (χ0v) is 25.6. The third-order valence-corrected chi connectivity index (χ3v) is 10.3. The van der Waals surface area contributed by atoms with E-state index in [1.54, 1.807) is 18.2 Å². The van der Waals surface area contributed by atoms with Crippen LogP contribution in [0.3, 0.4) is 0 Å². The predicted octanol–water partition coefficient (Wildman–Crippen LogP) is 5.13. The molecule has 0 spiro atoms. The molecule has 1 atom stereocenters. The van der Waals surface area contributed by atoms with Crippen LogP contribution in [0.4, 0.5) is 5.69 Å². The van der Waals surface area contributed by atoms with Crippen molar-refractivity contribution in [3.63, 3.8) is 0 Å². The summed E-state index contributed by atoms with van der Waals surface area (Å²) in [4.78, 5) is 19.1. The van der Waals surface area contributed by atoms with E-state index in [-0.39, 0.29) is 16.8 Å². The number of nitrogens with zero attached hydrogens (tertiary/aromatic N) is 6. The minimum absolute atomic E-state index is 0.0491. The van der Waals surface area contributed by atoms with Gasteiger partial charge < -0.3 is 19.4 Å². The lowest BCUT2D eigenvalue weighted by Crippen LogP contribution is -2.34. The normalized spacial score (nSPS) is 20.6. The van der Waals surface area contributed by atoms with Crippen molar-refractivity contribution in [2.24, 2.45) is 5.92 Å². The number of aromatic nitrogens is 4. The van der Waals surface area contributed by atoms with Crippen molar-refractivity contribution in [1.29, 1.82) is 0 Å². The van der Waals surface area contributed by atoms with Gasteiger partial charge in [0.25, 0.3) is 5.69 Å². The van der Waals surface area contributed by atoms with Crippen LogP contribution >= 0.6 is 0 Å². The lowest BCUT2D eigenvalue weighted by atomic mass is 9.98. The van der Waals surface area contributed by atoms with Gasteiger partial charge in [-0.1, -0.05) is 19.6 Å². The molecule has 3 aromatic rings. The monoisotopic (exact) mass is 581 g/mol. The molecule has 41 heavy (non-hydrogen) atoms. The highest BCUT2D eigenvalue weighted by Crippen LogP contribution is 2.37. The van der Waals surface area contributed by atoms with Crippen LogP contribution in [-0.4, -0.2) is 70.1 Å². The maximum Gasteiger partial charge on any atom is 0.270 e. The first-order valence-electron chi connectivity index (χ1n) is 15.1. The number of ether oxygens (including phenoxy) is 2. The Morgan fingerprint density at radius 1 is 1.17 bits per heavy atom. The van der Waals surface area contributed by atoms with E-state index < -0.39 is 8.07 Å². The lowest BCUT2D eigenvalue weighted by Gasteiger charge is -2.27. The molecular formula is C29H43N7O4Si. The molecule has 6 rings (SSSR count). The van der Waals surface area contributed by atoms with Crippen LogP contribution in [0.2, 0.25) is 25.7 Å². The molecule has 0 aliphatic carbocycles. The summed E-state index contributed by atoms with van der Waals surface area (Å²) in [6, 6.07) is 6.08. The number of rotatable bonds is 10. The van der Waals surface area contributed by atoms with Crippen LogP contribution in [0.15, 0.2) is 18.2 Å². The lowest BCUT2D eigenvalue weighted by molar-refractivity contribution is -0.384. The van der Waals surface area contributed by atoms with Gasteiger partial charge in [-0.05, 0) is 63.2 Å². The SMILES string of the molecule is C[Si](C)(C)CCOCn1c(-c2nn(C3CCCCO3)c3ccc([N+](=O)[O-])cc23)nc2c1CN(CC1CCNCC1)C2. The second-order valence-electron chi connectivity index (χ2n) is 13.0. The third kappa shape index (κ3) is 6.26. The molecule has 1 N–H and O–H groups in total. The molecule has 0 radical (unpaired) electrons. The summed E-state index contributed by atoms with van der Waals surface area (Å²) in [7, 11) is -1.24.